The Morgan fingerprint density at radius 3 is 2.50 bits per heavy atom. The van der Waals surface area contributed by atoms with Crippen LogP contribution in [0.15, 0.2) is 70.4 Å². The predicted molar refractivity (Wildman–Crippen MR) is 138 cm³/mol. The minimum Gasteiger partial charge on any atom is -0.294 e. The molecule has 0 spiro atoms. The van der Waals surface area contributed by atoms with Gasteiger partial charge in [0.1, 0.15) is 0 Å². The van der Waals surface area contributed by atoms with Gasteiger partial charge < -0.3 is 0 Å². The molecule has 1 atom stereocenters. The predicted octanol–water partition coefficient (Wildman–Crippen LogP) is 5.68. The van der Waals surface area contributed by atoms with E-state index in [4.69, 9.17) is 11.6 Å². The molecule has 5 nitrogen and oxygen atoms in total. The van der Waals surface area contributed by atoms with Gasteiger partial charge in [-0.25, -0.2) is 13.1 Å². The average Bonchev–Trinajstić information content (AvgIpc) is 3.14. The van der Waals surface area contributed by atoms with Crippen molar-refractivity contribution < 1.29 is 8.42 Å². The normalized spacial score (nSPS) is 14.8. The van der Waals surface area contributed by atoms with Crippen molar-refractivity contribution in [3.63, 3.8) is 0 Å². The number of benzene rings is 3. The van der Waals surface area contributed by atoms with E-state index in [0.717, 1.165) is 35.3 Å². The molecule has 0 aliphatic heterocycles. The van der Waals surface area contributed by atoms with Gasteiger partial charge in [-0.3, -0.25) is 9.36 Å². The van der Waals surface area contributed by atoms with Gasteiger partial charge in [-0.05, 0) is 85.2 Å². The number of nitrogens with zero attached hydrogens (tertiary/aromatic N) is 1. The van der Waals surface area contributed by atoms with Crippen LogP contribution in [-0.4, -0.2) is 13.0 Å². The van der Waals surface area contributed by atoms with Gasteiger partial charge in [0.15, 0.2) is 0 Å². The van der Waals surface area contributed by atoms with Crippen molar-refractivity contribution >= 4 is 43.2 Å². The molecule has 0 radical (unpaired) electrons. The molecule has 1 N–H and O–H groups in total. The number of sulfonamides is 1. The topological polar surface area (TPSA) is 68.2 Å². The first kappa shape index (κ1) is 23.3. The zero-order valence-corrected chi connectivity index (χ0v) is 21.1. The van der Waals surface area contributed by atoms with E-state index in [2.05, 4.69) is 16.9 Å². The van der Waals surface area contributed by atoms with E-state index in [1.54, 1.807) is 34.9 Å². The van der Waals surface area contributed by atoms with Crippen molar-refractivity contribution in [2.75, 3.05) is 0 Å². The number of aryl methyl sites for hydroxylation is 2. The number of aromatic nitrogens is 1. The molecular weight excluding hydrogens is 488 g/mol. The Bertz CT molecular complexity index is 1520. The summed E-state index contributed by atoms with van der Waals surface area (Å²) in [5, 5.41) is 0.637. The quantitative estimate of drug-likeness (QED) is 0.361. The highest BCUT2D eigenvalue weighted by Crippen LogP contribution is 2.27. The Morgan fingerprint density at radius 1 is 1.00 bits per heavy atom. The van der Waals surface area contributed by atoms with Crippen molar-refractivity contribution in [3.8, 4) is 0 Å². The fraction of sp³-hybridized carbons (Fsp3) is 0.269. The van der Waals surface area contributed by atoms with Crippen LogP contribution < -0.4 is 9.60 Å². The third-order valence-corrected chi connectivity index (χ3v) is 9.14. The van der Waals surface area contributed by atoms with Crippen LogP contribution >= 0.6 is 22.9 Å². The molecule has 1 aromatic heterocycles. The van der Waals surface area contributed by atoms with Gasteiger partial charge in [-0.2, -0.15) is 0 Å². The number of halogens is 1. The largest absolute Gasteiger partial charge is 0.308 e. The smallest absolute Gasteiger partial charge is 0.294 e. The van der Waals surface area contributed by atoms with E-state index in [9.17, 15) is 13.2 Å². The molecule has 1 heterocycles. The highest BCUT2D eigenvalue weighted by atomic mass is 35.5. The second kappa shape index (κ2) is 9.30. The number of fused-ring (bicyclic) bond motifs is 2. The molecule has 4 aromatic rings. The van der Waals surface area contributed by atoms with Crippen LogP contribution in [0.25, 0.3) is 10.2 Å². The lowest BCUT2D eigenvalue weighted by Crippen LogP contribution is -2.27. The SMILES string of the molecule is C[C@H](NS(=O)(=O)c1ccc2c(c1)sc(=O)n2Cc1ccc(Cl)cc1)c1ccc2c(c1)CCCC2. The van der Waals surface area contributed by atoms with Crippen molar-refractivity contribution in [2.45, 2.75) is 50.1 Å². The van der Waals surface area contributed by atoms with E-state index >= 15 is 0 Å². The molecule has 1 aliphatic carbocycles. The highest BCUT2D eigenvalue weighted by molar-refractivity contribution is 7.89. The van der Waals surface area contributed by atoms with Gasteiger partial charge in [-0.15, -0.1) is 0 Å². The molecule has 3 aromatic carbocycles. The second-order valence-corrected chi connectivity index (χ2v) is 11.9. The van der Waals surface area contributed by atoms with Crippen molar-refractivity contribution in [1.29, 1.82) is 0 Å². The molecule has 176 valence electrons. The van der Waals surface area contributed by atoms with Crippen LogP contribution in [0.4, 0.5) is 0 Å². The summed E-state index contributed by atoms with van der Waals surface area (Å²) in [5.41, 5.74) is 5.32. The van der Waals surface area contributed by atoms with Crippen LogP contribution in [0, 0.1) is 0 Å². The Hall–Kier alpha value is -2.45. The summed E-state index contributed by atoms with van der Waals surface area (Å²) in [6, 6.07) is 18.1. The molecule has 0 unspecified atom stereocenters. The molecule has 5 rings (SSSR count). The van der Waals surface area contributed by atoms with Gasteiger partial charge in [0.05, 0.1) is 21.7 Å². The lowest BCUT2D eigenvalue weighted by molar-refractivity contribution is 0.566. The first-order valence-corrected chi connectivity index (χ1v) is 14.0. The summed E-state index contributed by atoms with van der Waals surface area (Å²) in [5.74, 6) is 0. The van der Waals surface area contributed by atoms with Gasteiger partial charge in [0.25, 0.3) is 0 Å². The van der Waals surface area contributed by atoms with Crippen LogP contribution in [0.5, 0.6) is 0 Å². The lowest BCUT2D eigenvalue weighted by atomic mass is 9.89. The Labute approximate surface area is 208 Å². The maximum absolute atomic E-state index is 13.2. The summed E-state index contributed by atoms with van der Waals surface area (Å²) >= 11 is 7.01. The van der Waals surface area contributed by atoms with Gasteiger partial charge >= 0.3 is 4.87 Å². The summed E-state index contributed by atoms with van der Waals surface area (Å²) in [7, 11) is -3.76. The van der Waals surface area contributed by atoms with Crippen molar-refractivity contribution in [2.24, 2.45) is 0 Å². The maximum atomic E-state index is 13.2. The number of rotatable bonds is 6. The van der Waals surface area contributed by atoms with Crippen molar-refractivity contribution in [1.82, 2.24) is 9.29 Å². The minimum absolute atomic E-state index is 0.130. The Balaban J connectivity index is 1.40. The summed E-state index contributed by atoms with van der Waals surface area (Å²) in [6.07, 6.45) is 4.53. The second-order valence-electron chi connectivity index (χ2n) is 8.79. The summed E-state index contributed by atoms with van der Waals surface area (Å²) < 4.78 is 31.4. The van der Waals surface area contributed by atoms with Gasteiger partial charge in [0.2, 0.25) is 10.0 Å². The monoisotopic (exact) mass is 512 g/mol. The minimum atomic E-state index is -3.76. The standard InChI is InChI=1S/C26H25ClN2O3S2/c1-17(20-9-8-19-4-2-3-5-21(19)14-20)28-34(31,32)23-12-13-24-25(15-23)33-26(30)29(24)16-18-6-10-22(27)11-7-18/h6-15,17,28H,2-5,16H2,1H3/t17-/m0/s1. The van der Waals surface area contributed by atoms with E-state index in [-0.39, 0.29) is 15.8 Å². The molecule has 34 heavy (non-hydrogen) atoms. The number of nitrogens with one attached hydrogen (secondary N) is 1. The highest BCUT2D eigenvalue weighted by Gasteiger charge is 2.21. The number of thiazole rings is 1. The first-order chi connectivity index (χ1) is 16.3. The number of hydrogen-bond donors (Lipinski definition) is 1. The Kier molecular flexibility index (Phi) is 6.37. The van der Waals surface area contributed by atoms with E-state index in [1.165, 1.54) is 24.0 Å². The van der Waals surface area contributed by atoms with E-state index in [1.807, 2.05) is 25.1 Å². The average molecular weight is 513 g/mol. The number of hydrogen-bond acceptors (Lipinski definition) is 4. The summed E-state index contributed by atoms with van der Waals surface area (Å²) in [4.78, 5) is 12.7. The molecule has 8 heteroatoms. The molecule has 0 saturated carbocycles. The van der Waals surface area contributed by atoms with Gasteiger partial charge in [0, 0.05) is 11.1 Å². The molecular formula is C26H25ClN2O3S2. The maximum Gasteiger partial charge on any atom is 0.308 e. The van der Waals surface area contributed by atoms with E-state index < -0.39 is 10.0 Å². The van der Waals surface area contributed by atoms with Crippen molar-refractivity contribution in [3.05, 3.63) is 97.6 Å². The van der Waals surface area contributed by atoms with Crippen LogP contribution in [0.3, 0.4) is 0 Å². The van der Waals surface area contributed by atoms with Crippen LogP contribution in [-0.2, 0) is 29.4 Å². The van der Waals surface area contributed by atoms with Crippen LogP contribution in [0.1, 0.15) is 48.1 Å². The third-order valence-electron chi connectivity index (χ3n) is 6.41. The molecule has 1 aliphatic rings. The zero-order chi connectivity index (χ0) is 23.9. The molecule has 0 saturated heterocycles. The molecule has 0 fully saturated rings. The zero-order valence-electron chi connectivity index (χ0n) is 18.8. The summed E-state index contributed by atoms with van der Waals surface area (Å²) in [6.45, 7) is 2.26. The molecule has 0 bridgehead atoms. The van der Waals surface area contributed by atoms with Crippen LogP contribution in [0.2, 0.25) is 5.02 Å². The van der Waals surface area contributed by atoms with Gasteiger partial charge in [-0.1, -0.05) is 53.3 Å². The fourth-order valence-corrected chi connectivity index (χ4v) is 6.92. The fourth-order valence-electron chi connectivity index (χ4n) is 4.53. The third kappa shape index (κ3) is 4.70. The van der Waals surface area contributed by atoms with E-state index in [0.29, 0.717) is 21.8 Å². The first-order valence-electron chi connectivity index (χ1n) is 11.3. The Morgan fingerprint density at radius 2 is 1.74 bits per heavy atom. The molecule has 0 amide bonds. The lowest BCUT2D eigenvalue weighted by Gasteiger charge is -2.20.